The van der Waals surface area contributed by atoms with Crippen LogP contribution in [0.4, 0.5) is 14.9 Å². The number of ether oxygens (including phenoxy) is 1. The second kappa shape index (κ2) is 6.91. The van der Waals surface area contributed by atoms with Gasteiger partial charge in [0.15, 0.2) is 0 Å². The summed E-state index contributed by atoms with van der Waals surface area (Å²) in [6.07, 6.45) is -0.965. The van der Waals surface area contributed by atoms with Gasteiger partial charge in [-0.15, -0.1) is 0 Å². The number of carboxylic acid groups (broad SMARTS) is 1. The first-order valence-electron chi connectivity index (χ1n) is 6.17. The van der Waals surface area contributed by atoms with E-state index in [0.29, 0.717) is 0 Å². The van der Waals surface area contributed by atoms with E-state index < -0.39 is 29.1 Å². The molecule has 0 aromatic heterocycles. The summed E-state index contributed by atoms with van der Waals surface area (Å²) in [4.78, 5) is 22.7. The van der Waals surface area contributed by atoms with E-state index in [1.54, 1.807) is 24.3 Å². The maximum atomic E-state index is 13.8. The molecule has 2 aromatic carbocycles. The Kier molecular flexibility index (Phi) is 4.95. The zero-order chi connectivity index (χ0) is 16.1. The van der Waals surface area contributed by atoms with Crippen molar-refractivity contribution in [2.45, 2.75) is 6.61 Å². The van der Waals surface area contributed by atoms with Crippen molar-refractivity contribution in [3.05, 3.63) is 64.4 Å². The number of carbonyl (C=O) groups excluding carboxylic acids is 1. The van der Waals surface area contributed by atoms with Gasteiger partial charge in [0.05, 0.1) is 11.3 Å². The molecule has 2 N–H and O–H groups in total. The Morgan fingerprint density at radius 3 is 2.55 bits per heavy atom. The van der Waals surface area contributed by atoms with Crippen molar-refractivity contribution in [2.75, 3.05) is 5.32 Å². The van der Waals surface area contributed by atoms with Gasteiger partial charge >= 0.3 is 12.1 Å². The molecule has 22 heavy (non-hydrogen) atoms. The fourth-order valence-electron chi connectivity index (χ4n) is 1.73. The Balaban J connectivity index is 2.10. The Hall–Kier alpha value is -2.60. The second-order valence-corrected chi connectivity index (χ2v) is 4.74. The number of hydrogen-bond donors (Lipinski definition) is 2. The lowest BCUT2D eigenvalue weighted by molar-refractivity contribution is 0.0697. The van der Waals surface area contributed by atoms with Gasteiger partial charge < -0.3 is 9.84 Å². The number of aromatic carboxylic acids is 1. The van der Waals surface area contributed by atoms with Crippen LogP contribution in [0, 0.1) is 5.82 Å². The standard InChI is InChI=1S/C15H11ClFNO4/c16-10-6-11(14(19)20)13(12(17)7-10)18-15(21)22-8-9-4-2-1-3-5-9/h1-7H,8H2,(H,18,21)(H,19,20). The molecule has 0 aliphatic rings. The van der Waals surface area contributed by atoms with Gasteiger partial charge in [-0.3, -0.25) is 5.32 Å². The summed E-state index contributed by atoms with van der Waals surface area (Å²) in [6.45, 7) is -0.0235. The van der Waals surface area contributed by atoms with Crippen molar-refractivity contribution in [3.8, 4) is 0 Å². The lowest BCUT2D eigenvalue weighted by Gasteiger charge is -2.11. The number of hydrogen-bond acceptors (Lipinski definition) is 3. The van der Waals surface area contributed by atoms with Gasteiger partial charge in [-0.25, -0.2) is 14.0 Å². The highest BCUT2D eigenvalue weighted by molar-refractivity contribution is 6.31. The molecular formula is C15H11ClFNO4. The van der Waals surface area contributed by atoms with Crippen LogP contribution >= 0.6 is 11.6 Å². The van der Waals surface area contributed by atoms with E-state index in [2.05, 4.69) is 5.32 Å². The number of carboxylic acids is 1. The molecule has 0 fully saturated rings. The highest BCUT2D eigenvalue weighted by atomic mass is 35.5. The van der Waals surface area contributed by atoms with Gasteiger partial charge in [-0.05, 0) is 17.7 Å². The number of halogens is 2. The zero-order valence-electron chi connectivity index (χ0n) is 11.2. The molecule has 0 saturated heterocycles. The van der Waals surface area contributed by atoms with Crippen LogP contribution in [0.5, 0.6) is 0 Å². The van der Waals surface area contributed by atoms with E-state index in [1.165, 1.54) is 0 Å². The van der Waals surface area contributed by atoms with Crippen LogP contribution in [0.25, 0.3) is 0 Å². The van der Waals surface area contributed by atoms with Gasteiger partial charge in [0, 0.05) is 5.02 Å². The Bertz CT molecular complexity index is 706. The average molecular weight is 324 g/mol. The van der Waals surface area contributed by atoms with Crippen LogP contribution in [0.1, 0.15) is 15.9 Å². The number of nitrogens with one attached hydrogen (secondary N) is 1. The van der Waals surface area contributed by atoms with Gasteiger partial charge in [-0.1, -0.05) is 41.9 Å². The molecule has 0 heterocycles. The molecule has 0 spiro atoms. The smallest absolute Gasteiger partial charge is 0.412 e. The molecule has 2 rings (SSSR count). The fourth-order valence-corrected chi connectivity index (χ4v) is 1.94. The summed E-state index contributed by atoms with van der Waals surface area (Å²) in [5.74, 6) is -2.37. The molecule has 5 nitrogen and oxygen atoms in total. The third-order valence-electron chi connectivity index (χ3n) is 2.73. The largest absolute Gasteiger partial charge is 0.478 e. The van der Waals surface area contributed by atoms with Crippen LogP contribution in [0.2, 0.25) is 5.02 Å². The van der Waals surface area contributed by atoms with Crippen LogP contribution < -0.4 is 5.32 Å². The first-order valence-corrected chi connectivity index (χ1v) is 6.55. The zero-order valence-corrected chi connectivity index (χ0v) is 11.9. The Labute approximate surface area is 130 Å². The minimum Gasteiger partial charge on any atom is -0.478 e. The molecule has 114 valence electrons. The summed E-state index contributed by atoms with van der Waals surface area (Å²) in [5.41, 5.74) is -0.204. The van der Waals surface area contributed by atoms with Gasteiger partial charge in [0.1, 0.15) is 12.4 Å². The summed E-state index contributed by atoms with van der Waals surface area (Å²) in [6, 6.07) is 10.8. The van der Waals surface area contributed by atoms with Crippen molar-refractivity contribution in [3.63, 3.8) is 0 Å². The second-order valence-electron chi connectivity index (χ2n) is 4.30. The summed E-state index contributed by atoms with van der Waals surface area (Å²) in [5, 5.41) is 11.0. The molecule has 0 atom stereocenters. The highest BCUT2D eigenvalue weighted by Crippen LogP contribution is 2.25. The van der Waals surface area contributed by atoms with Crippen molar-refractivity contribution >= 4 is 29.4 Å². The molecule has 7 heteroatoms. The van der Waals surface area contributed by atoms with E-state index >= 15 is 0 Å². The molecule has 0 aliphatic carbocycles. The summed E-state index contributed by atoms with van der Waals surface area (Å²) in [7, 11) is 0. The lowest BCUT2D eigenvalue weighted by atomic mass is 10.1. The number of carbonyl (C=O) groups is 2. The highest BCUT2D eigenvalue weighted by Gasteiger charge is 2.18. The molecule has 0 bridgehead atoms. The Morgan fingerprint density at radius 2 is 1.91 bits per heavy atom. The number of benzene rings is 2. The monoisotopic (exact) mass is 323 g/mol. The quantitative estimate of drug-likeness (QED) is 0.894. The minimum absolute atomic E-state index is 0.0235. The first-order chi connectivity index (χ1) is 10.5. The van der Waals surface area contributed by atoms with E-state index in [4.69, 9.17) is 21.4 Å². The average Bonchev–Trinajstić information content (AvgIpc) is 2.48. The van der Waals surface area contributed by atoms with Crippen LogP contribution in [-0.2, 0) is 11.3 Å². The molecule has 0 saturated carbocycles. The molecule has 0 radical (unpaired) electrons. The maximum Gasteiger partial charge on any atom is 0.412 e. The first kappa shape index (κ1) is 15.8. The van der Waals surface area contributed by atoms with Crippen molar-refractivity contribution in [1.29, 1.82) is 0 Å². The molecule has 2 aromatic rings. The van der Waals surface area contributed by atoms with Crippen LogP contribution in [-0.4, -0.2) is 17.2 Å². The SMILES string of the molecule is O=C(Nc1c(F)cc(Cl)cc1C(=O)O)OCc1ccccc1. The van der Waals surface area contributed by atoms with E-state index in [9.17, 15) is 14.0 Å². The van der Waals surface area contributed by atoms with Crippen molar-refractivity contribution in [2.24, 2.45) is 0 Å². The van der Waals surface area contributed by atoms with Gasteiger partial charge in [-0.2, -0.15) is 0 Å². The Morgan fingerprint density at radius 1 is 1.23 bits per heavy atom. The molecular weight excluding hydrogens is 313 g/mol. The lowest BCUT2D eigenvalue weighted by Crippen LogP contribution is -2.17. The molecule has 1 amide bonds. The fraction of sp³-hybridized carbons (Fsp3) is 0.0667. The predicted octanol–water partition coefficient (Wildman–Crippen LogP) is 3.93. The van der Waals surface area contributed by atoms with Crippen LogP contribution in [0.15, 0.2) is 42.5 Å². The van der Waals surface area contributed by atoms with Crippen molar-refractivity contribution < 1.29 is 23.8 Å². The van der Waals surface area contributed by atoms with E-state index in [-0.39, 0.29) is 11.6 Å². The normalized spacial score (nSPS) is 10.1. The summed E-state index contributed by atoms with van der Waals surface area (Å²) >= 11 is 5.60. The number of amides is 1. The molecule has 0 unspecified atom stereocenters. The minimum atomic E-state index is -1.42. The van der Waals surface area contributed by atoms with Gasteiger partial charge in [0.25, 0.3) is 0 Å². The third-order valence-corrected chi connectivity index (χ3v) is 2.94. The summed E-state index contributed by atoms with van der Waals surface area (Å²) < 4.78 is 18.7. The third kappa shape index (κ3) is 3.95. The van der Waals surface area contributed by atoms with E-state index in [0.717, 1.165) is 17.7 Å². The topological polar surface area (TPSA) is 75.6 Å². The molecule has 0 aliphatic heterocycles. The predicted molar refractivity (Wildman–Crippen MR) is 78.6 cm³/mol. The number of rotatable bonds is 4. The van der Waals surface area contributed by atoms with E-state index in [1.807, 2.05) is 6.07 Å². The number of anilines is 1. The van der Waals surface area contributed by atoms with Crippen LogP contribution in [0.3, 0.4) is 0 Å². The van der Waals surface area contributed by atoms with Gasteiger partial charge in [0.2, 0.25) is 0 Å². The maximum absolute atomic E-state index is 13.8. The van der Waals surface area contributed by atoms with Crippen molar-refractivity contribution in [1.82, 2.24) is 0 Å².